The average molecular weight is 171 g/mol. The molecule has 1 saturated carbocycles. The molecule has 0 aromatic rings. The molecule has 3 N–H and O–H groups in total. The Morgan fingerprint density at radius 2 is 1.75 bits per heavy atom. The molecule has 72 valence electrons. The first-order valence-electron chi connectivity index (χ1n) is 5.19. The third-order valence-electron chi connectivity index (χ3n) is 3.10. The highest BCUT2D eigenvalue weighted by molar-refractivity contribution is 4.72. The van der Waals surface area contributed by atoms with E-state index in [-0.39, 0.29) is 6.61 Å². The van der Waals surface area contributed by atoms with Crippen LogP contribution in [0.5, 0.6) is 0 Å². The maximum Gasteiger partial charge on any atom is 0.0473 e. The Morgan fingerprint density at radius 3 is 2.17 bits per heavy atom. The normalized spacial score (nSPS) is 23.5. The molecular formula is C10H21NO. The van der Waals surface area contributed by atoms with Crippen LogP contribution in [0.3, 0.4) is 0 Å². The number of nitrogens with two attached hydrogens (primary N) is 1. The molecule has 1 rings (SSSR count). The van der Waals surface area contributed by atoms with Gasteiger partial charge in [0.25, 0.3) is 0 Å². The zero-order chi connectivity index (χ0) is 8.81. The summed E-state index contributed by atoms with van der Waals surface area (Å²) in [4.78, 5) is 0. The fourth-order valence-corrected chi connectivity index (χ4v) is 2.20. The van der Waals surface area contributed by atoms with E-state index in [1.54, 1.807) is 0 Å². The molecule has 1 aliphatic carbocycles. The first kappa shape index (κ1) is 10.0. The Hall–Kier alpha value is -0.0800. The molecular weight excluding hydrogens is 150 g/mol. The maximum absolute atomic E-state index is 9.09. The van der Waals surface area contributed by atoms with Crippen molar-refractivity contribution in [1.82, 2.24) is 0 Å². The zero-order valence-electron chi connectivity index (χ0n) is 7.84. The molecule has 0 aromatic carbocycles. The summed E-state index contributed by atoms with van der Waals surface area (Å²) in [7, 11) is 0. The largest absolute Gasteiger partial charge is 0.396 e. The van der Waals surface area contributed by atoms with E-state index in [9.17, 15) is 0 Å². The van der Waals surface area contributed by atoms with Crippen LogP contribution in [-0.4, -0.2) is 18.3 Å². The second-order valence-electron chi connectivity index (χ2n) is 3.93. The molecule has 0 aliphatic heterocycles. The second kappa shape index (κ2) is 5.55. The van der Waals surface area contributed by atoms with Gasteiger partial charge < -0.3 is 10.8 Å². The predicted molar refractivity (Wildman–Crippen MR) is 50.8 cm³/mol. The van der Waals surface area contributed by atoms with Gasteiger partial charge in [-0.1, -0.05) is 38.5 Å². The summed E-state index contributed by atoms with van der Waals surface area (Å²) in [5, 5.41) is 9.09. The molecule has 0 heterocycles. The van der Waals surface area contributed by atoms with Crippen LogP contribution in [0.2, 0.25) is 0 Å². The second-order valence-corrected chi connectivity index (χ2v) is 3.93. The van der Waals surface area contributed by atoms with E-state index in [2.05, 4.69) is 0 Å². The smallest absolute Gasteiger partial charge is 0.0473 e. The Balaban J connectivity index is 2.35. The quantitative estimate of drug-likeness (QED) is 0.632. The fourth-order valence-electron chi connectivity index (χ4n) is 2.20. The Labute approximate surface area is 75.2 Å². The Bertz CT molecular complexity index is 104. The minimum atomic E-state index is 0.279. The molecule has 0 radical (unpaired) electrons. The van der Waals surface area contributed by atoms with Gasteiger partial charge in [-0.15, -0.1) is 0 Å². The van der Waals surface area contributed by atoms with Gasteiger partial charge in [0.05, 0.1) is 0 Å². The van der Waals surface area contributed by atoms with Crippen molar-refractivity contribution in [3.05, 3.63) is 0 Å². The van der Waals surface area contributed by atoms with Crippen LogP contribution in [0.1, 0.15) is 38.5 Å². The summed E-state index contributed by atoms with van der Waals surface area (Å²) in [6, 6.07) is 0. The average Bonchev–Trinajstić information content (AvgIpc) is 2.35. The fraction of sp³-hybridized carbons (Fsp3) is 1.00. The van der Waals surface area contributed by atoms with Gasteiger partial charge in [-0.05, 0) is 18.4 Å². The van der Waals surface area contributed by atoms with E-state index < -0.39 is 0 Å². The van der Waals surface area contributed by atoms with Crippen LogP contribution in [0, 0.1) is 11.8 Å². The molecule has 12 heavy (non-hydrogen) atoms. The van der Waals surface area contributed by atoms with Crippen molar-refractivity contribution in [2.24, 2.45) is 17.6 Å². The predicted octanol–water partition coefficient (Wildman–Crippen LogP) is 1.52. The highest BCUT2D eigenvalue weighted by atomic mass is 16.3. The molecule has 0 spiro atoms. The number of aliphatic hydroxyl groups is 1. The van der Waals surface area contributed by atoms with E-state index in [1.165, 1.54) is 38.5 Å². The lowest BCUT2D eigenvalue weighted by Crippen LogP contribution is -2.26. The summed E-state index contributed by atoms with van der Waals surface area (Å²) < 4.78 is 0. The van der Waals surface area contributed by atoms with Crippen molar-refractivity contribution in [1.29, 1.82) is 0 Å². The SMILES string of the molecule is NCC(CO)C1CCCCCC1. The van der Waals surface area contributed by atoms with Crippen LogP contribution in [0.15, 0.2) is 0 Å². The van der Waals surface area contributed by atoms with Crippen LogP contribution in [-0.2, 0) is 0 Å². The van der Waals surface area contributed by atoms with Crippen molar-refractivity contribution in [2.75, 3.05) is 13.2 Å². The Kier molecular flexibility index (Phi) is 4.62. The molecule has 0 bridgehead atoms. The van der Waals surface area contributed by atoms with Gasteiger partial charge in [0.2, 0.25) is 0 Å². The molecule has 0 amide bonds. The third kappa shape index (κ3) is 2.76. The van der Waals surface area contributed by atoms with Crippen LogP contribution >= 0.6 is 0 Å². The van der Waals surface area contributed by atoms with Crippen molar-refractivity contribution in [3.63, 3.8) is 0 Å². The molecule has 2 nitrogen and oxygen atoms in total. The minimum absolute atomic E-state index is 0.279. The van der Waals surface area contributed by atoms with Gasteiger partial charge >= 0.3 is 0 Å². The molecule has 2 heteroatoms. The number of hydrogen-bond donors (Lipinski definition) is 2. The van der Waals surface area contributed by atoms with Gasteiger partial charge in [-0.25, -0.2) is 0 Å². The Morgan fingerprint density at radius 1 is 1.17 bits per heavy atom. The standard InChI is InChI=1S/C10H21NO/c11-7-10(8-12)9-5-3-1-2-4-6-9/h9-10,12H,1-8,11H2. The van der Waals surface area contributed by atoms with E-state index >= 15 is 0 Å². The first-order valence-corrected chi connectivity index (χ1v) is 5.19. The van der Waals surface area contributed by atoms with Crippen molar-refractivity contribution in [2.45, 2.75) is 38.5 Å². The van der Waals surface area contributed by atoms with E-state index in [0.717, 1.165) is 0 Å². The summed E-state index contributed by atoms with van der Waals surface area (Å²) >= 11 is 0. The molecule has 0 saturated heterocycles. The summed E-state index contributed by atoms with van der Waals surface area (Å²) in [6.07, 6.45) is 7.98. The van der Waals surface area contributed by atoms with E-state index in [0.29, 0.717) is 18.4 Å². The molecule has 1 aliphatic rings. The summed E-state index contributed by atoms with van der Waals surface area (Å²) in [5.74, 6) is 1.06. The van der Waals surface area contributed by atoms with Gasteiger partial charge in [-0.3, -0.25) is 0 Å². The molecule has 1 unspecified atom stereocenters. The lowest BCUT2D eigenvalue weighted by Gasteiger charge is -2.22. The van der Waals surface area contributed by atoms with Crippen molar-refractivity contribution >= 4 is 0 Å². The maximum atomic E-state index is 9.09. The summed E-state index contributed by atoms with van der Waals surface area (Å²) in [6.45, 7) is 0.933. The number of rotatable bonds is 3. The number of hydrogen-bond acceptors (Lipinski definition) is 2. The minimum Gasteiger partial charge on any atom is -0.396 e. The zero-order valence-corrected chi connectivity index (χ0v) is 7.84. The highest BCUT2D eigenvalue weighted by Gasteiger charge is 2.20. The monoisotopic (exact) mass is 171 g/mol. The molecule has 0 aromatic heterocycles. The van der Waals surface area contributed by atoms with Gasteiger partial charge in [-0.2, -0.15) is 0 Å². The highest BCUT2D eigenvalue weighted by Crippen LogP contribution is 2.28. The van der Waals surface area contributed by atoms with Gasteiger partial charge in [0.1, 0.15) is 0 Å². The van der Waals surface area contributed by atoms with Crippen molar-refractivity contribution in [3.8, 4) is 0 Å². The van der Waals surface area contributed by atoms with Gasteiger partial charge in [0.15, 0.2) is 0 Å². The van der Waals surface area contributed by atoms with Crippen molar-refractivity contribution < 1.29 is 5.11 Å². The summed E-state index contributed by atoms with van der Waals surface area (Å²) in [5.41, 5.74) is 5.61. The van der Waals surface area contributed by atoms with Crippen LogP contribution < -0.4 is 5.73 Å². The number of aliphatic hydroxyl groups excluding tert-OH is 1. The van der Waals surface area contributed by atoms with E-state index in [4.69, 9.17) is 10.8 Å². The van der Waals surface area contributed by atoms with Gasteiger partial charge in [0, 0.05) is 6.61 Å². The topological polar surface area (TPSA) is 46.2 Å². The lowest BCUT2D eigenvalue weighted by atomic mass is 9.87. The lowest BCUT2D eigenvalue weighted by molar-refractivity contribution is 0.169. The molecule has 1 atom stereocenters. The van der Waals surface area contributed by atoms with E-state index in [1.807, 2.05) is 0 Å². The molecule has 1 fully saturated rings. The first-order chi connectivity index (χ1) is 5.88. The third-order valence-corrected chi connectivity index (χ3v) is 3.10. The van der Waals surface area contributed by atoms with Crippen LogP contribution in [0.25, 0.3) is 0 Å². The van der Waals surface area contributed by atoms with Crippen LogP contribution in [0.4, 0.5) is 0 Å².